The number of hydrogen-bond acceptors (Lipinski definition) is 18. The molecule has 12 N–H and O–H groups in total. The summed E-state index contributed by atoms with van der Waals surface area (Å²) in [7, 11) is 0. The first-order valence-corrected chi connectivity index (χ1v) is 24.9. The molecule has 7 fully saturated rings. The molecule has 67 heavy (non-hydrogen) atoms. The number of rotatable bonds is 14. The molecule has 0 aromatic heterocycles. The molecule has 7 aliphatic rings. The van der Waals surface area contributed by atoms with Gasteiger partial charge in [0, 0.05) is 0 Å². The van der Waals surface area contributed by atoms with Gasteiger partial charge >= 0.3 is 0 Å². The second-order valence-electron chi connectivity index (χ2n) is 23.2. The first-order chi connectivity index (χ1) is 31.3. The Kier molecular flexibility index (Phi) is 16.2. The van der Waals surface area contributed by atoms with E-state index in [0.29, 0.717) is 19.3 Å². The molecule has 3 saturated heterocycles. The summed E-state index contributed by atoms with van der Waals surface area (Å²) in [6, 6.07) is 0. The van der Waals surface area contributed by atoms with Gasteiger partial charge in [0.05, 0.1) is 37.6 Å². The summed E-state index contributed by atoms with van der Waals surface area (Å²) in [4.78, 5) is 0. The van der Waals surface area contributed by atoms with Crippen LogP contribution in [0.1, 0.15) is 120 Å². The second kappa shape index (κ2) is 20.1. The normalized spacial score (nSPS) is 51.8. The van der Waals surface area contributed by atoms with Crippen LogP contribution in [-0.2, 0) is 28.4 Å². The maximum absolute atomic E-state index is 12.7. The van der Waals surface area contributed by atoms with Crippen molar-refractivity contribution in [1.29, 1.82) is 0 Å². The Balaban J connectivity index is 1.13. The molecular weight excluding hydrogens is 877 g/mol. The van der Waals surface area contributed by atoms with Crippen LogP contribution < -0.4 is 0 Å². The zero-order chi connectivity index (χ0) is 49.3. The Morgan fingerprint density at radius 2 is 1.15 bits per heavy atom. The molecule has 4 aliphatic carbocycles. The van der Waals surface area contributed by atoms with Gasteiger partial charge in [0.1, 0.15) is 73.2 Å². The number of unbranched alkanes of at least 4 members (excludes halogenated alkanes) is 1. The van der Waals surface area contributed by atoms with Gasteiger partial charge in [0.25, 0.3) is 0 Å². The van der Waals surface area contributed by atoms with Crippen molar-refractivity contribution in [2.45, 2.75) is 230 Å². The number of hydrogen-bond donors (Lipinski definition) is 12. The Hall–Kier alpha value is -0.980. The molecule has 3 aliphatic heterocycles. The van der Waals surface area contributed by atoms with Gasteiger partial charge in [-0.05, 0) is 130 Å². The molecule has 18 heteroatoms. The molecule has 0 aromatic carbocycles. The fourth-order valence-electron chi connectivity index (χ4n) is 15.1. The van der Waals surface area contributed by atoms with E-state index in [0.717, 1.165) is 44.9 Å². The van der Waals surface area contributed by atoms with E-state index in [2.05, 4.69) is 54.5 Å². The van der Waals surface area contributed by atoms with E-state index in [-0.39, 0.29) is 39.9 Å². The number of aliphatic hydroxyl groups excluding tert-OH is 12. The van der Waals surface area contributed by atoms with Gasteiger partial charge in [-0.3, -0.25) is 0 Å². The summed E-state index contributed by atoms with van der Waals surface area (Å²) in [5.74, 6) is -0.132. The van der Waals surface area contributed by atoms with Crippen LogP contribution in [0.15, 0.2) is 11.6 Å². The predicted octanol–water partition coefficient (Wildman–Crippen LogP) is 0.363. The monoisotopic (exact) mass is 961 g/mol. The minimum absolute atomic E-state index is 0.0915. The Morgan fingerprint density at radius 1 is 0.612 bits per heavy atom. The zero-order valence-electron chi connectivity index (χ0n) is 40.7. The van der Waals surface area contributed by atoms with Crippen molar-refractivity contribution < 1.29 is 89.7 Å². The third-order valence-electron chi connectivity index (χ3n) is 19.0. The molecule has 0 aromatic rings. The zero-order valence-corrected chi connectivity index (χ0v) is 40.7. The number of allylic oxidation sites excluding steroid dienone is 2. The van der Waals surface area contributed by atoms with Crippen molar-refractivity contribution in [1.82, 2.24) is 0 Å². The van der Waals surface area contributed by atoms with Gasteiger partial charge in [0.2, 0.25) is 0 Å². The van der Waals surface area contributed by atoms with E-state index in [4.69, 9.17) is 28.4 Å². The molecule has 18 nitrogen and oxygen atoms in total. The average molecular weight is 961 g/mol. The van der Waals surface area contributed by atoms with E-state index in [9.17, 15) is 61.3 Å². The summed E-state index contributed by atoms with van der Waals surface area (Å²) in [6.07, 6.45) is -14.4. The summed E-state index contributed by atoms with van der Waals surface area (Å²) in [5.41, 5.74) is -1.04. The molecule has 4 saturated carbocycles. The molecule has 388 valence electrons. The molecule has 0 spiro atoms. The van der Waals surface area contributed by atoms with Crippen LogP contribution in [0.3, 0.4) is 0 Å². The molecule has 0 radical (unpaired) electrons. The van der Waals surface area contributed by atoms with E-state index in [1.54, 1.807) is 0 Å². The first kappa shape index (κ1) is 53.8. The summed E-state index contributed by atoms with van der Waals surface area (Å²) in [6.45, 7) is 15.6. The fourth-order valence-corrected chi connectivity index (χ4v) is 15.1. The standard InChI is InChI=1S/C49H84O18/c1-23(2)11-9-10-15-49(8,67-43-40(61)37(58)34(55)27(21-51)63-43)24-12-17-48(7)32(24)25(53)19-30-46(5)16-14-31(45(3,4)29(46)13-18-47(30,48)6)65-44-41(38(59)35(56)28(22-52)64-44)66-42-39(60)36(57)33(54)26(20-50)62-42/h11,24-44,50-61H,9-10,12-22H2,1-8H3/t24-,25+,26+,27+,28+,29-,30+,31-,32+,33+,34+,35+,36-,37-,38-,39+,40+,41+,42-,43-,44-,46-,47+,48+,49-/m0/s1. The van der Waals surface area contributed by atoms with Crippen molar-refractivity contribution in [3.8, 4) is 0 Å². The lowest BCUT2D eigenvalue weighted by atomic mass is 9.35. The quantitative estimate of drug-likeness (QED) is 0.0636. The highest BCUT2D eigenvalue weighted by Crippen LogP contribution is 2.76. The van der Waals surface area contributed by atoms with E-state index in [1.165, 1.54) is 5.57 Å². The largest absolute Gasteiger partial charge is 0.394 e. The van der Waals surface area contributed by atoms with Gasteiger partial charge in [-0.15, -0.1) is 0 Å². The molecular formula is C49H84O18. The Morgan fingerprint density at radius 3 is 1.73 bits per heavy atom. The molecule has 25 atom stereocenters. The van der Waals surface area contributed by atoms with Crippen molar-refractivity contribution in [2.24, 2.45) is 45.3 Å². The van der Waals surface area contributed by atoms with Gasteiger partial charge in [-0.2, -0.15) is 0 Å². The summed E-state index contributed by atoms with van der Waals surface area (Å²) >= 11 is 0. The second-order valence-corrected chi connectivity index (χ2v) is 23.2. The topological polar surface area (TPSA) is 298 Å². The third-order valence-corrected chi connectivity index (χ3v) is 19.0. The van der Waals surface area contributed by atoms with E-state index < -0.39 is 135 Å². The molecule has 0 bridgehead atoms. The van der Waals surface area contributed by atoms with Crippen LogP contribution in [0.4, 0.5) is 0 Å². The lowest BCUT2D eigenvalue weighted by Crippen LogP contribution is -2.68. The predicted molar refractivity (Wildman–Crippen MR) is 238 cm³/mol. The summed E-state index contributed by atoms with van der Waals surface area (Å²) in [5, 5.41) is 129. The number of fused-ring (bicyclic) bond motifs is 5. The maximum Gasteiger partial charge on any atom is 0.187 e. The fraction of sp³-hybridized carbons (Fsp3) is 0.959. The maximum atomic E-state index is 12.7. The molecule has 0 unspecified atom stereocenters. The highest BCUT2D eigenvalue weighted by molar-refractivity contribution is 5.20. The lowest BCUT2D eigenvalue weighted by Gasteiger charge is -2.71. The summed E-state index contributed by atoms with van der Waals surface area (Å²) < 4.78 is 37.3. The average Bonchev–Trinajstić information content (AvgIpc) is 3.67. The molecule has 3 heterocycles. The van der Waals surface area contributed by atoms with Crippen molar-refractivity contribution >= 4 is 0 Å². The van der Waals surface area contributed by atoms with Gasteiger partial charge in [-0.25, -0.2) is 0 Å². The molecule has 0 amide bonds. The van der Waals surface area contributed by atoms with Crippen molar-refractivity contribution in [3.63, 3.8) is 0 Å². The van der Waals surface area contributed by atoms with Gasteiger partial charge in [0.15, 0.2) is 18.9 Å². The van der Waals surface area contributed by atoms with Crippen LogP contribution in [0.25, 0.3) is 0 Å². The van der Waals surface area contributed by atoms with Crippen molar-refractivity contribution in [3.05, 3.63) is 11.6 Å². The van der Waals surface area contributed by atoms with Crippen LogP contribution >= 0.6 is 0 Å². The van der Waals surface area contributed by atoms with Crippen LogP contribution in [-0.4, -0.2) is 191 Å². The molecule has 7 rings (SSSR count). The lowest BCUT2D eigenvalue weighted by molar-refractivity contribution is -0.378. The van der Waals surface area contributed by atoms with Crippen LogP contribution in [0.5, 0.6) is 0 Å². The van der Waals surface area contributed by atoms with Gasteiger partial charge in [-0.1, -0.05) is 46.3 Å². The Labute approximate surface area is 395 Å². The minimum Gasteiger partial charge on any atom is -0.394 e. The smallest absolute Gasteiger partial charge is 0.187 e. The number of aliphatic hydroxyl groups is 12. The third kappa shape index (κ3) is 9.26. The minimum atomic E-state index is -1.79. The van der Waals surface area contributed by atoms with Crippen molar-refractivity contribution in [2.75, 3.05) is 19.8 Å². The first-order valence-electron chi connectivity index (χ1n) is 24.9. The van der Waals surface area contributed by atoms with Crippen LogP contribution in [0.2, 0.25) is 0 Å². The van der Waals surface area contributed by atoms with Crippen LogP contribution in [0, 0.1) is 45.3 Å². The van der Waals surface area contributed by atoms with E-state index in [1.807, 2.05) is 6.92 Å². The van der Waals surface area contributed by atoms with E-state index >= 15 is 0 Å². The Bertz CT molecular complexity index is 1700. The number of ether oxygens (including phenoxy) is 6. The highest BCUT2D eigenvalue weighted by atomic mass is 16.8. The van der Waals surface area contributed by atoms with Gasteiger partial charge < -0.3 is 89.7 Å². The SMILES string of the molecule is CC(C)=CCCC[C@](C)(O[C@@H]1O[C@H](CO)[C@@H](O)[C@H](O)[C@H]1O)[C@H]1CC[C@]2(C)[C@H]1[C@H](O)C[C@@H]1[C@@]3(C)CC[C@H](O[C@@H]4O[C@H](CO)[C@@H](O)[C@H](O)[C@H]4O[C@@H]4O[C@H](CO)[C@@H](O)[C@H](O)[C@H]4O)C(C)(C)[C@@H]3CC[C@]12C. The highest BCUT2D eigenvalue weighted by Gasteiger charge is 2.72.